The molecular weight excluding hydrogens is 346 g/mol. The number of nitrogens with zero attached hydrogens (tertiary/aromatic N) is 2. The fourth-order valence-electron chi connectivity index (χ4n) is 3.40. The first-order valence-electron chi connectivity index (χ1n) is 9.05. The monoisotopic (exact) mass is 371 g/mol. The van der Waals surface area contributed by atoms with E-state index in [2.05, 4.69) is 33.3 Å². The number of hydrogen-bond donors (Lipinski definition) is 1. The number of halogens is 1. The lowest BCUT2D eigenvalue weighted by molar-refractivity contribution is -0.117. The Morgan fingerprint density at radius 1 is 0.962 bits per heavy atom. The van der Waals surface area contributed by atoms with E-state index in [4.69, 9.17) is 11.6 Å². The minimum atomic E-state index is 0.0566. The lowest BCUT2D eigenvalue weighted by Gasteiger charge is -2.34. The van der Waals surface area contributed by atoms with E-state index in [1.54, 1.807) is 0 Å². The number of anilines is 1. The van der Waals surface area contributed by atoms with Crippen molar-refractivity contribution in [2.75, 3.05) is 38.0 Å². The maximum atomic E-state index is 12.3. The molecule has 1 saturated heterocycles. The van der Waals surface area contributed by atoms with Crippen molar-refractivity contribution in [1.82, 2.24) is 9.80 Å². The first-order valence-corrected chi connectivity index (χ1v) is 9.43. The Morgan fingerprint density at radius 3 is 2.15 bits per heavy atom. The molecule has 0 unspecified atom stereocenters. The average Bonchev–Trinajstić information content (AvgIpc) is 2.57. The van der Waals surface area contributed by atoms with Crippen LogP contribution in [0.1, 0.15) is 16.7 Å². The van der Waals surface area contributed by atoms with Crippen molar-refractivity contribution in [3.63, 3.8) is 0 Å². The van der Waals surface area contributed by atoms with Crippen LogP contribution in [-0.4, -0.2) is 48.4 Å². The maximum Gasteiger partial charge on any atom is 0.238 e. The molecule has 1 N–H and O–H groups in total. The Labute approximate surface area is 160 Å². The highest BCUT2D eigenvalue weighted by Gasteiger charge is 2.19. The maximum absolute atomic E-state index is 12.3. The first-order chi connectivity index (χ1) is 12.5. The second-order valence-electron chi connectivity index (χ2n) is 7.10. The van der Waals surface area contributed by atoms with E-state index in [-0.39, 0.29) is 5.91 Å². The van der Waals surface area contributed by atoms with Crippen LogP contribution in [0.2, 0.25) is 5.02 Å². The molecule has 5 heteroatoms. The van der Waals surface area contributed by atoms with Gasteiger partial charge in [0.15, 0.2) is 0 Å². The summed E-state index contributed by atoms with van der Waals surface area (Å²) in [5.74, 6) is 0.0566. The summed E-state index contributed by atoms with van der Waals surface area (Å²) in [5.41, 5.74) is 4.48. The van der Waals surface area contributed by atoms with Crippen LogP contribution in [-0.2, 0) is 11.3 Å². The number of carbonyl (C=O) groups excluding carboxylic acids is 1. The fraction of sp³-hybridized carbons (Fsp3) is 0.381. The Bertz CT molecular complexity index is 732. The SMILES string of the molecule is Cc1cc(C)cc(NC(=O)CN2CCN(Cc3ccc(Cl)cc3)CC2)c1. The molecule has 0 bridgehead atoms. The summed E-state index contributed by atoms with van der Waals surface area (Å²) in [4.78, 5) is 17.0. The van der Waals surface area contributed by atoms with Crippen LogP contribution in [0.4, 0.5) is 5.69 Å². The molecule has 1 heterocycles. The Balaban J connectivity index is 1.44. The number of amides is 1. The van der Waals surface area contributed by atoms with Crippen LogP contribution in [0.25, 0.3) is 0 Å². The summed E-state index contributed by atoms with van der Waals surface area (Å²) in [6, 6.07) is 14.1. The van der Waals surface area contributed by atoms with Crippen LogP contribution >= 0.6 is 11.6 Å². The molecule has 0 radical (unpaired) electrons. The second kappa shape index (κ2) is 8.67. The predicted octanol–water partition coefficient (Wildman–Crippen LogP) is 3.71. The molecule has 2 aromatic carbocycles. The predicted molar refractivity (Wildman–Crippen MR) is 108 cm³/mol. The van der Waals surface area contributed by atoms with Gasteiger partial charge in [-0.25, -0.2) is 0 Å². The molecule has 0 aromatic heterocycles. The second-order valence-corrected chi connectivity index (χ2v) is 7.54. The number of nitrogens with one attached hydrogen (secondary N) is 1. The van der Waals surface area contributed by atoms with Crippen molar-refractivity contribution in [2.24, 2.45) is 0 Å². The zero-order chi connectivity index (χ0) is 18.5. The zero-order valence-electron chi connectivity index (χ0n) is 15.5. The van der Waals surface area contributed by atoms with Gasteiger partial charge in [-0.15, -0.1) is 0 Å². The average molecular weight is 372 g/mol. The molecule has 3 rings (SSSR count). The van der Waals surface area contributed by atoms with Gasteiger partial charge in [-0.2, -0.15) is 0 Å². The van der Waals surface area contributed by atoms with Crippen molar-refractivity contribution in [3.8, 4) is 0 Å². The van der Waals surface area contributed by atoms with Gasteiger partial charge in [0.1, 0.15) is 0 Å². The minimum Gasteiger partial charge on any atom is -0.325 e. The number of carbonyl (C=O) groups is 1. The zero-order valence-corrected chi connectivity index (χ0v) is 16.2. The Morgan fingerprint density at radius 2 is 1.54 bits per heavy atom. The van der Waals surface area contributed by atoms with Crippen molar-refractivity contribution in [1.29, 1.82) is 0 Å². The first kappa shape index (κ1) is 18.9. The standard InChI is InChI=1S/C21H26ClN3O/c1-16-11-17(2)13-20(12-16)23-21(26)15-25-9-7-24(8-10-25)14-18-3-5-19(22)6-4-18/h3-6,11-13H,7-10,14-15H2,1-2H3,(H,23,26). The third kappa shape index (κ3) is 5.56. The van der Waals surface area contributed by atoms with Crippen LogP contribution in [0.5, 0.6) is 0 Å². The molecule has 26 heavy (non-hydrogen) atoms. The van der Waals surface area contributed by atoms with E-state index < -0.39 is 0 Å². The Hall–Kier alpha value is -1.88. The van der Waals surface area contributed by atoms with E-state index in [9.17, 15) is 4.79 Å². The summed E-state index contributed by atoms with van der Waals surface area (Å²) >= 11 is 5.94. The largest absolute Gasteiger partial charge is 0.325 e. The molecule has 1 aliphatic heterocycles. The van der Waals surface area contributed by atoms with E-state index in [0.29, 0.717) is 6.54 Å². The summed E-state index contributed by atoms with van der Waals surface area (Å²) in [5, 5.41) is 3.79. The van der Waals surface area contributed by atoms with Crippen LogP contribution < -0.4 is 5.32 Å². The van der Waals surface area contributed by atoms with Crippen molar-refractivity contribution in [3.05, 3.63) is 64.2 Å². The minimum absolute atomic E-state index is 0.0566. The molecule has 0 atom stereocenters. The van der Waals surface area contributed by atoms with Gasteiger partial charge in [0.05, 0.1) is 6.54 Å². The normalized spacial score (nSPS) is 15.8. The number of piperazine rings is 1. The van der Waals surface area contributed by atoms with Gasteiger partial charge in [0.25, 0.3) is 0 Å². The van der Waals surface area contributed by atoms with Gasteiger partial charge in [-0.3, -0.25) is 14.6 Å². The summed E-state index contributed by atoms with van der Waals surface area (Å²) < 4.78 is 0. The molecule has 0 saturated carbocycles. The molecule has 0 aliphatic carbocycles. The van der Waals surface area contributed by atoms with Crippen LogP contribution in [0.15, 0.2) is 42.5 Å². The van der Waals surface area contributed by atoms with Crippen LogP contribution in [0.3, 0.4) is 0 Å². The van der Waals surface area contributed by atoms with Gasteiger partial charge in [0.2, 0.25) is 5.91 Å². The summed E-state index contributed by atoms with van der Waals surface area (Å²) in [6.07, 6.45) is 0. The lowest BCUT2D eigenvalue weighted by atomic mass is 10.1. The Kier molecular flexibility index (Phi) is 6.30. The number of benzene rings is 2. The van der Waals surface area contributed by atoms with Crippen molar-refractivity contribution >= 4 is 23.2 Å². The summed E-state index contributed by atoms with van der Waals surface area (Å²) in [6.45, 7) is 9.23. The lowest BCUT2D eigenvalue weighted by Crippen LogP contribution is -2.48. The highest BCUT2D eigenvalue weighted by molar-refractivity contribution is 6.30. The van der Waals surface area contributed by atoms with Crippen molar-refractivity contribution in [2.45, 2.75) is 20.4 Å². The molecule has 138 valence electrons. The van der Waals surface area contributed by atoms with Crippen LogP contribution in [0, 0.1) is 13.8 Å². The van der Waals surface area contributed by atoms with E-state index in [1.807, 2.05) is 38.1 Å². The van der Waals surface area contributed by atoms with E-state index in [1.165, 1.54) is 5.56 Å². The molecule has 0 spiro atoms. The number of rotatable bonds is 5. The van der Waals surface area contributed by atoms with E-state index in [0.717, 1.165) is 54.6 Å². The molecular formula is C21H26ClN3O. The van der Waals surface area contributed by atoms with Gasteiger partial charge < -0.3 is 5.32 Å². The smallest absolute Gasteiger partial charge is 0.238 e. The highest BCUT2D eigenvalue weighted by atomic mass is 35.5. The number of aryl methyl sites for hydroxylation is 2. The third-order valence-electron chi connectivity index (χ3n) is 4.66. The van der Waals surface area contributed by atoms with Gasteiger partial charge in [-0.1, -0.05) is 29.8 Å². The fourth-order valence-corrected chi connectivity index (χ4v) is 3.53. The summed E-state index contributed by atoms with van der Waals surface area (Å²) in [7, 11) is 0. The topological polar surface area (TPSA) is 35.6 Å². The number of hydrogen-bond acceptors (Lipinski definition) is 3. The molecule has 1 amide bonds. The third-order valence-corrected chi connectivity index (χ3v) is 4.91. The highest BCUT2D eigenvalue weighted by Crippen LogP contribution is 2.15. The van der Waals surface area contributed by atoms with Gasteiger partial charge in [-0.05, 0) is 54.8 Å². The van der Waals surface area contributed by atoms with Gasteiger partial charge in [0, 0.05) is 43.4 Å². The van der Waals surface area contributed by atoms with Gasteiger partial charge >= 0.3 is 0 Å². The quantitative estimate of drug-likeness (QED) is 0.870. The molecule has 1 aliphatic rings. The molecule has 1 fully saturated rings. The van der Waals surface area contributed by atoms with Crippen molar-refractivity contribution < 1.29 is 4.79 Å². The molecule has 4 nitrogen and oxygen atoms in total. The van der Waals surface area contributed by atoms with E-state index >= 15 is 0 Å². The molecule has 2 aromatic rings.